The molecular formula is C12H16FNO4S. The van der Waals surface area contributed by atoms with Crippen LogP contribution in [0.5, 0.6) is 0 Å². The Balaban J connectivity index is 2.70. The van der Waals surface area contributed by atoms with Gasteiger partial charge in [-0.3, -0.25) is 4.79 Å². The summed E-state index contributed by atoms with van der Waals surface area (Å²) in [5.74, 6) is -1.80. The first-order valence-corrected chi connectivity index (χ1v) is 7.44. The first kappa shape index (κ1) is 15.6. The molecule has 0 spiro atoms. The smallest absolute Gasteiger partial charge is 0.304 e. The maximum atomic E-state index is 12.7. The van der Waals surface area contributed by atoms with Crippen molar-refractivity contribution < 1.29 is 22.7 Å². The van der Waals surface area contributed by atoms with Crippen molar-refractivity contribution in [1.82, 2.24) is 4.72 Å². The zero-order valence-corrected chi connectivity index (χ0v) is 11.3. The normalized spacial score (nSPS) is 13.2. The van der Waals surface area contributed by atoms with Gasteiger partial charge in [0.15, 0.2) is 0 Å². The van der Waals surface area contributed by atoms with E-state index in [2.05, 4.69) is 4.72 Å². The topological polar surface area (TPSA) is 83.5 Å². The second kappa shape index (κ2) is 6.63. The Kier molecular flexibility index (Phi) is 5.44. The third-order valence-corrected chi connectivity index (χ3v) is 3.94. The lowest BCUT2D eigenvalue weighted by Gasteiger charge is -2.15. The molecule has 0 saturated heterocycles. The SMILES string of the molecule is CCC(CC(=O)O)NS(=O)(=O)Cc1ccc(F)cc1. The van der Waals surface area contributed by atoms with E-state index in [1.807, 2.05) is 0 Å². The van der Waals surface area contributed by atoms with Crippen LogP contribution in [-0.2, 0) is 20.6 Å². The van der Waals surface area contributed by atoms with E-state index in [1.54, 1.807) is 6.92 Å². The van der Waals surface area contributed by atoms with Crippen molar-refractivity contribution >= 4 is 16.0 Å². The monoisotopic (exact) mass is 289 g/mol. The molecule has 1 rings (SSSR count). The van der Waals surface area contributed by atoms with Crippen LogP contribution >= 0.6 is 0 Å². The molecule has 0 aliphatic heterocycles. The van der Waals surface area contributed by atoms with E-state index in [0.29, 0.717) is 12.0 Å². The van der Waals surface area contributed by atoms with Gasteiger partial charge in [0, 0.05) is 6.04 Å². The van der Waals surface area contributed by atoms with Gasteiger partial charge in [-0.1, -0.05) is 19.1 Å². The fraction of sp³-hybridized carbons (Fsp3) is 0.417. The lowest BCUT2D eigenvalue weighted by atomic mass is 10.2. The van der Waals surface area contributed by atoms with Gasteiger partial charge < -0.3 is 5.11 Å². The molecule has 1 atom stereocenters. The molecule has 0 aromatic heterocycles. The minimum atomic E-state index is -3.64. The highest BCUT2D eigenvalue weighted by Crippen LogP contribution is 2.08. The highest BCUT2D eigenvalue weighted by Gasteiger charge is 2.19. The molecule has 0 saturated carbocycles. The van der Waals surface area contributed by atoms with Crippen molar-refractivity contribution in [3.05, 3.63) is 35.6 Å². The second-order valence-electron chi connectivity index (χ2n) is 4.21. The Hall–Kier alpha value is -1.47. The van der Waals surface area contributed by atoms with Crippen LogP contribution in [0.15, 0.2) is 24.3 Å². The zero-order chi connectivity index (χ0) is 14.5. The van der Waals surface area contributed by atoms with Gasteiger partial charge in [0.25, 0.3) is 0 Å². The predicted molar refractivity (Wildman–Crippen MR) is 68.5 cm³/mol. The summed E-state index contributed by atoms with van der Waals surface area (Å²) >= 11 is 0. The molecule has 0 aliphatic carbocycles. The minimum absolute atomic E-state index is 0.265. The van der Waals surface area contributed by atoms with Gasteiger partial charge in [0.2, 0.25) is 10.0 Å². The molecule has 106 valence electrons. The van der Waals surface area contributed by atoms with Crippen molar-refractivity contribution in [2.24, 2.45) is 0 Å². The van der Waals surface area contributed by atoms with Crippen LogP contribution in [0.25, 0.3) is 0 Å². The first-order valence-electron chi connectivity index (χ1n) is 5.78. The van der Waals surface area contributed by atoms with Gasteiger partial charge in [-0.15, -0.1) is 0 Å². The third-order valence-electron chi connectivity index (χ3n) is 2.53. The molecule has 7 heteroatoms. The summed E-state index contributed by atoms with van der Waals surface area (Å²) in [4.78, 5) is 10.6. The number of hydrogen-bond donors (Lipinski definition) is 2. The third kappa shape index (κ3) is 5.80. The molecule has 0 aliphatic rings. The molecule has 1 unspecified atom stereocenters. The van der Waals surface area contributed by atoms with Crippen LogP contribution < -0.4 is 4.72 Å². The number of nitrogens with one attached hydrogen (secondary N) is 1. The lowest BCUT2D eigenvalue weighted by molar-refractivity contribution is -0.137. The summed E-state index contributed by atoms with van der Waals surface area (Å²) in [5.41, 5.74) is 0.444. The quantitative estimate of drug-likeness (QED) is 0.796. The van der Waals surface area contributed by atoms with Crippen LogP contribution in [0.3, 0.4) is 0 Å². The molecular weight excluding hydrogens is 273 g/mol. The van der Waals surface area contributed by atoms with Crippen LogP contribution in [0.1, 0.15) is 25.3 Å². The number of sulfonamides is 1. The second-order valence-corrected chi connectivity index (χ2v) is 5.96. The summed E-state index contributed by atoms with van der Waals surface area (Å²) in [6, 6.07) is 4.49. The molecule has 2 N–H and O–H groups in total. The van der Waals surface area contributed by atoms with Crippen molar-refractivity contribution in [3.8, 4) is 0 Å². The summed E-state index contributed by atoms with van der Waals surface area (Å²) < 4.78 is 38.7. The maximum Gasteiger partial charge on any atom is 0.304 e. The maximum absolute atomic E-state index is 12.7. The number of rotatable bonds is 7. The Morgan fingerprint density at radius 1 is 1.37 bits per heavy atom. The van der Waals surface area contributed by atoms with Crippen molar-refractivity contribution in [2.45, 2.75) is 31.6 Å². The molecule has 0 heterocycles. The number of halogens is 1. The van der Waals surface area contributed by atoms with Crippen LogP contribution in [-0.4, -0.2) is 25.5 Å². The van der Waals surface area contributed by atoms with Gasteiger partial charge in [-0.25, -0.2) is 17.5 Å². The largest absolute Gasteiger partial charge is 0.481 e. The first-order chi connectivity index (χ1) is 8.82. The Morgan fingerprint density at radius 3 is 2.42 bits per heavy atom. The van der Waals surface area contributed by atoms with E-state index in [1.165, 1.54) is 24.3 Å². The van der Waals surface area contributed by atoms with E-state index in [9.17, 15) is 17.6 Å². The minimum Gasteiger partial charge on any atom is -0.481 e. The highest BCUT2D eigenvalue weighted by molar-refractivity contribution is 7.88. The molecule has 0 bridgehead atoms. The van der Waals surface area contributed by atoms with E-state index in [4.69, 9.17) is 5.11 Å². The van der Waals surface area contributed by atoms with Gasteiger partial charge in [0.1, 0.15) is 5.82 Å². The molecule has 0 fully saturated rings. The van der Waals surface area contributed by atoms with E-state index in [0.717, 1.165) is 0 Å². The number of carboxylic acid groups (broad SMARTS) is 1. The van der Waals surface area contributed by atoms with Gasteiger partial charge >= 0.3 is 5.97 Å². The van der Waals surface area contributed by atoms with Gasteiger partial charge in [-0.05, 0) is 24.1 Å². The Labute approximate surface area is 111 Å². The molecule has 0 amide bonds. The average molecular weight is 289 g/mol. The van der Waals surface area contributed by atoms with E-state index < -0.39 is 27.9 Å². The summed E-state index contributed by atoms with van der Waals surface area (Å²) in [5, 5.41) is 8.66. The molecule has 1 aromatic rings. The summed E-state index contributed by atoms with van der Waals surface area (Å²) in [7, 11) is -3.64. The van der Waals surface area contributed by atoms with Crippen molar-refractivity contribution in [1.29, 1.82) is 0 Å². The number of carboxylic acids is 1. The zero-order valence-electron chi connectivity index (χ0n) is 10.5. The molecule has 1 aromatic carbocycles. The average Bonchev–Trinajstić information content (AvgIpc) is 2.30. The lowest BCUT2D eigenvalue weighted by Crippen LogP contribution is -2.36. The Bertz CT molecular complexity index is 527. The molecule has 19 heavy (non-hydrogen) atoms. The van der Waals surface area contributed by atoms with Gasteiger partial charge in [-0.2, -0.15) is 0 Å². The number of benzene rings is 1. The summed E-state index contributed by atoms with van der Waals surface area (Å²) in [6.07, 6.45) is 0.119. The van der Waals surface area contributed by atoms with Crippen molar-refractivity contribution in [3.63, 3.8) is 0 Å². The fourth-order valence-corrected chi connectivity index (χ4v) is 3.05. The summed E-state index contributed by atoms with van der Waals surface area (Å²) in [6.45, 7) is 1.70. The van der Waals surface area contributed by atoms with Crippen molar-refractivity contribution in [2.75, 3.05) is 0 Å². The van der Waals surface area contributed by atoms with E-state index >= 15 is 0 Å². The van der Waals surface area contributed by atoms with Crippen LogP contribution in [0.4, 0.5) is 4.39 Å². The van der Waals surface area contributed by atoms with Crippen LogP contribution in [0.2, 0.25) is 0 Å². The Morgan fingerprint density at radius 2 is 1.95 bits per heavy atom. The number of aliphatic carboxylic acids is 1. The molecule has 5 nitrogen and oxygen atoms in total. The fourth-order valence-electron chi connectivity index (χ4n) is 1.58. The standard InChI is InChI=1S/C12H16FNO4S/c1-2-11(7-12(15)16)14-19(17,18)8-9-3-5-10(13)6-4-9/h3-6,11,14H,2,7-8H2,1H3,(H,15,16). The predicted octanol–water partition coefficient (Wildman–Crippen LogP) is 1.50. The molecule has 0 radical (unpaired) electrons. The van der Waals surface area contributed by atoms with Crippen LogP contribution in [0, 0.1) is 5.82 Å². The van der Waals surface area contributed by atoms with E-state index in [-0.39, 0.29) is 12.2 Å². The number of carbonyl (C=O) groups is 1. The van der Waals surface area contributed by atoms with Gasteiger partial charge in [0.05, 0.1) is 12.2 Å². The number of hydrogen-bond acceptors (Lipinski definition) is 3. The highest BCUT2D eigenvalue weighted by atomic mass is 32.2.